The molecule has 0 unspecified atom stereocenters. The van der Waals surface area contributed by atoms with Gasteiger partial charge in [-0.05, 0) is 31.1 Å². The first-order valence-corrected chi connectivity index (χ1v) is 8.15. The van der Waals surface area contributed by atoms with E-state index in [0.717, 1.165) is 38.5 Å². The zero-order valence-electron chi connectivity index (χ0n) is 12.3. The maximum absolute atomic E-state index is 9.71. The second-order valence-corrected chi connectivity index (χ2v) is 7.21. The van der Waals surface area contributed by atoms with Crippen molar-refractivity contribution in [2.24, 2.45) is 5.41 Å². The van der Waals surface area contributed by atoms with E-state index in [-0.39, 0.29) is 11.2 Å². The van der Waals surface area contributed by atoms with Crippen LogP contribution in [0.5, 0.6) is 0 Å². The van der Waals surface area contributed by atoms with Crippen LogP contribution in [-0.2, 0) is 14.9 Å². The van der Waals surface area contributed by atoms with Crippen molar-refractivity contribution in [1.82, 2.24) is 9.97 Å². The molecule has 6 heteroatoms. The van der Waals surface area contributed by atoms with Gasteiger partial charge in [0.25, 0.3) is 0 Å². The Hall–Kier alpha value is -1.22. The predicted molar refractivity (Wildman–Crippen MR) is 79.1 cm³/mol. The maximum Gasteiger partial charge on any atom is 0.168 e. The van der Waals surface area contributed by atoms with E-state index in [0.29, 0.717) is 24.1 Å². The molecule has 0 radical (unpaired) electrons. The van der Waals surface area contributed by atoms with Crippen molar-refractivity contribution in [3.63, 3.8) is 0 Å². The van der Waals surface area contributed by atoms with Gasteiger partial charge in [-0.1, -0.05) is 11.6 Å². The fourth-order valence-electron chi connectivity index (χ4n) is 4.47. The summed E-state index contributed by atoms with van der Waals surface area (Å²) in [5.74, 6) is -0.347. The molecule has 0 N–H and O–H groups in total. The van der Waals surface area contributed by atoms with Crippen LogP contribution >= 0.6 is 11.6 Å². The molecule has 2 heterocycles. The minimum absolute atomic E-state index is 0.205. The fraction of sp³-hybridized carbons (Fsp3) is 0.688. The topological polar surface area (TPSA) is 68.0 Å². The van der Waals surface area contributed by atoms with E-state index in [4.69, 9.17) is 21.1 Å². The van der Waals surface area contributed by atoms with Gasteiger partial charge in [0.2, 0.25) is 0 Å². The molecule has 0 atom stereocenters. The van der Waals surface area contributed by atoms with Crippen LogP contribution in [0, 0.1) is 16.7 Å². The zero-order chi connectivity index (χ0) is 15.3. The number of hydrogen-bond donors (Lipinski definition) is 0. The Balaban J connectivity index is 1.51. The molecule has 4 rings (SSSR count). The Morgan fingerprint density at radius 1 is 1.05 bits per heavy atom. The molecule has 3 aliphatic rings. The van der Waals surface area contributed by atoms with Crippen LogP contribution in [-0.4, -0.2) is 29.0 Å². The van der Waals surface area contributed by atoms with Crippen molar-refractivity contribution in [1.29, 1.82) is 5.26 Å². The largest absolute Gasteiger partial charge is 0.348 e. The molecule has 2 saturated carbocycles. The molecule has 1 aliphatic heterocycles. The summed E-state index contributed by atoms with van der Waals surface area (Å²) in [4.78, 5) is 8.40. The van der Waals surface area contributed by atoms with Crippen molar-refractivity contribution in [2.45, 2.75) is 49.7 Å². The molecule has 22 heavy (non-hydrogen) atoms. The molecule has 0 amide bonds. The monoisotopic (exact) mass is 319 g/mol. The van der Waals surface area contributed by atoms with E-state index in [2.05, 4.69) is 16.0 Å². The highest BCUT2D eigenvalue weighted by Crippen LogP contribution is 2.63. The average Bonchev–Trinajstić information content (AvgIpc) is 2.96. The summed E-state index contributed by atoms with van der Waals surface area (Å²) in [6.45, 7) is 1.40. The number of rotatable bonds is 1. The quantitative estimate of drug-likeness (QED) is 0.796. The predicted octanol–water partition coefficient (Wildman–Crippen LogP) is 2.99. The van der Waals surface area contributed by atoms with Gasteiger partial charge in [0.1, 0.15) is 5.41 Å². The van der Waals surface area contributed by atoms with Gasteiger partial charge in [0, 0.05) is 25.2 Å². The smallest absolute Gasteiger partial charge is 0.168 e. The summed E-state index contributed by atoms with van der Waals surface area (Å²) in [6.07, 6.45) is 8.70. The second-order valence-electron chi connectivity index (χ2n) is 6.85. The van der Waals surface area contributed by atoms with Crippen molar-refractivity contribution in [2.75, 3.05) is 13.2 Å². The number of halogens is 1. The normalized spacial score (nSPS) is 27.5. The highest BCUT2D eigenvalue weighted by Gasteiger charge is 2.60. The first kappa shape index (κ1) is 14.4. The van der Waals surface area contributed by atoms with Crippen molar-refractivity contribution in [3.8, 4) is 6.07 Å². The lowest BCUT2D eigenvalue weighted by Gasteiger charge is -2.56. The van der Waals surface area contributed by atoms with Gasteiger partial charge in [0.05, 0.1) is 25.0 Å². The lowest BCUT2D eigenvalue weighted by Crippen LogP contribution is -2.53. The van der Waals surface area contributed by atoms with Crippen molar-refractivity contribution < 1.29 is 9.47 Å². The molecule has 1 aromatic rings. The van der Waals surface area contributed by atoms with Crippen LogP contribution in [0.4, 0.5) is 0 Å². The van der Waals surface area contributed by atoms with Gasteiger partial charge in [-0.25, -0.2) is 4.98 Å². The second kappa shape index (κ2) is 4.89. The number of aromatic nitrogens is 2. The standard InChI is InChI=1S/C16H18ClN3O2/c17-13-12(19-5-6-20-13)15(11-18)9-14(10-15)1-3-16(4-2-14)21-7-8-22-16/h5-6H,1-4,7-10H2. The van der Waals surface area contributed by atoms with Gasteiger partial charge in [-0.15, -0.1) is 0 Å². The van der Waals surface area contributed by atoms with Crippen LogP contribution in [0.15, 0.2) is 12.4 Å². The molecule has 3 fully saturated rings. The van der Waals surface area contributed by atoms with Crippen molar-refractivity contribution >= 4 is 11.6 Å². The van der Waals surface area contributed by atoms with Crippen molar-refractivity contribution in [3.05, 3.63) is 23.2 Å². The Kier molecular flexibility index (Phi) is 3.19. The molecule has 0 bridgehead atoms. The third-order valence-electron chi connectivity index (χ3n) is 5.56. The molecule has 5 nitrogen and oxygen atoms in total. The summed E-state index contributed by atoms with van der Waals surface area (Å²) in [5.41, 5.74) is 0.267. The SMILES string of the molecule is N#CC1(c2nccnc2Cl)CC2(CCC3(CC2)OCCO3)C1. The number of ether oxygens (including phenoxy) is 2. The molecule has 0 aromatic carbocycles. The third kappa shape index (κ3) is 2.05. The molecule has 116 valence electrons. The Morgan fingerprint density at radius 2 is 1.68 bits per heavy atom. The van der Waals surface area contributed by atoms with Gasteiger partial charge in [0.15, 0.2) is 10.9 Å². The minimum atomic E-state index is -0.576. The summed E-state index contributed by atoms with van der Waals surface area (Å²) in [5, 5.41) is 10.1. The molecule has 1 aromatic heterocycles. The van der Waals surface area contributed by atoms with Crippen LogP contribution in [0.1, 0.15) is 44.2 Å². The van der Waals surface area contributed by atoms with Crippen LogP contribution in [0.25, 0.3) is 0 Å². The summed E-state index contributed by atoms with van der Waals surface area (Å²) >= 11 is 6.16. The third-order valence-corrected chi connectivity index (χ3v) is 5.84. The van der Waals surface area contributed by atoms with Crippen LogP contribution < -0.4 is 0 Å². The van der Waals surface area contributed by atoms with E-state index >= 15 is 0 Å². The van der Waals surface area contributed by atoms with Gasteiger partial charge < -0.3 is 9.47 Å². The van der Waals surface area contributed by atoms with Gasteiger partial charge in [-0.2, -0.15) is 5.26 Å². The average molecular weight is 320 g/mol. The molecule has 1 saturated heterocycles. The first-order valence-electron chi connectivity index (χ1n) is 7.77. The summed E-state index contributed by atoms with van der Waals surface area (Å²) in [6, 6.07) is 2.46. The van der Waals surface area contributed by atoms with Gasteiger partial charge in [-0.3, -0.25) is 4.98 Å². The molecule has 2 aliphatic carbocycles. The maximum atomic E-state index is 9.71. The number of nitriles is 1. The van der Waals surface area contributed by atoms with Crippen LogP contribution in [0.3, 0.4) is 0 Å². The fourth-order valence-corrected chi connectivity index (χ4v) is 4.76. The lowest BCUT2D eigenvalue weighted by atomic mass is 9.47. The van der Waals surface area contributed by atoms with Crippen LogP contribution in [0.2, 0.25) is 5.15 Å². The highest BCUT2D eigenvalue weighted by molar-refractivity contribution is 6.30. The highest BCUT2D eigenvalue weighted by atomic mass is 35.5. The Morgan fingerprint density at radius 3 is 2.27 bits per heavy atom. The number of hydrogen-bond acceptors (Lipinski definition) is 5. The Bertz CT molecular complexity index is 619. The Labute approximate surface area is 134 Å². The molecular formula is C16H18ClN3O2. The summed E-state index contributed by atoms with van der Waals surface area (Å²) in [7, 11) is 0. The van der Waals surface area contributed by atoms with E-state index < -0.39 is 5.41 Å². The molecule has 2 spiro atoms. The lowest BCUT2D eigenvalue weighted by molar-refractivity contribution is -0.202. The minimum Gasteiger partial charge on any atom is -0.348 e. The molecular weight excluding hydrogens is 302 g/mol. The van der Waals surface area contributed by atoms with E-state index in [1.165, 1.54) is 0 Å². The number of nitrogens with zero attached hydrogens (tertiary/aromatic N) is 3. The zero-order valence-corrected chi connectivity index (χ0v) is 13.1. The summed E-state index contributed by atoms with van der Waals surface area (Å²) < 4.78 is 11.6. The first-order chi connectivity index (χ1) is 10.6. The van der Waals surface area contributed by atoms with E-state index in [9.17, 15) is 5.26 Å². The van der Waals surface area contributed by atoms with E-state index in [1.54, 1.807) is 12.4 Å². The van der Waals surface area contributed by atoms with Gasteiger partial charge >= 0.3 is 0 Å². The van der Waals surface area contributed by atoms with E-state index in [1.807, 2.05) is 0 Å².